The monoisotopic (exact) mass is 426 g/mol. The maximum Gasteiger partial charge on any atom is 0.410 e. The van der Waals surface area contributed by atoms with E-state index in [-0.39, 0.29) is 18.6 Å². The molecule has 2 aromatic rings. The van der Waals surface area contributed by atoms with Gasteiger partial charge in [0.25, 0.3) is 0 Å². The fourth-order valence-corrected chi connectivity index (χ4v) is 4.16. The molecule has 0 spiro atoms. The minimum Gasteiger partial charge on any atom is -0.495 e. The number of aliphatic hydroxyl groups is 1. The van der Waals surface area contributed by atoms with Gasteiger partial charge in [0.1, 0.15) is 11.4 Å². The molecular weight excluding hydrogens is 392 g/mol. The zero-order chi connectivity index (χ0) is 22.4. The maximum absolute atomic E-state index is 12.5. The molecule has 0 saturated carbocycles. The normalized spacial score (nSPS) is 19.7. The SMILES string of the molecule is COc1cnc2cccc(C=CC[C@@H]3CCN(C(=O)OC(C)(C)C)C[C@@H]3CCO)c2c1. The van der Waals surface area contributed by atoms with Crippen LogP contribution < -0.4 is 4.74 Å². The fourth-order valence-electron chi connectivity index (χ4n) is 4.16. The molecule has 2 atom stereocenters. The van der Waals surface area contributed by atoms with Gasteiger partial charge < -0.3 is 19.5 Å². The Balaban J connectivity index is 1.68. The molecule has 0 aliphatic carbocycles. The summed E-state index contributed by atoms with van der Waals surface area (Å²) in [5.41, 5.74) is 1.54. The Morgan fingerprint density at radius 1 is 1.32 bits per heavy atom. The Bertz CT molecular complexity index is 919. The van der Waals surface area contributed by atoms with Crippen molar-refractivity contribution in [3.05, 3.63) is 42.1 Å². The van der Waals surface area contributed by atoms with Crippen molar-refractivity contribution in [3.8, 4) is 5.75 Å². The minimum atomic E-state index is -0.501. The number of carbonyl (C=O) groups is 1. The number of methoxy groups -OCH3 is 1. The molecule has 1 saturated heterocycles. The first-order valence-corrected chi connectivity index (χ1v) is 11.0. The minimum absolute atomic E-state index is 0.127. The second-order valence-corrected chi connectivity index (χ2v) is 9.17. The van der Waals surface area contributed by atoms with Crippen LogP contribution in [0.5, 0.6) is 5.75 Å². The lowest BCUT2D eigenvalue weighted by molar-refractivity contribution is 0.00806. The van der Waals surface area contributed by atoms with Gasteiger partial charge in [-0.25, -0.2) is 4.79 Å². The number of benzene rings is 1. The van der Waals surface area contributed by atoms with Gasteiger partial charge in [0.2, 0.25) is 0 Å². The van der Waals surface area contributed by atoms with E-state index in [0.717, 1.165) is 35.1 Å². The Labute approximate surface area is 184 Å². The largest absolute Gasteiger partial charge is 0.495 e. The van der Waals surface area contributed by atoms with Gasteiger partial charge in [-0.05, 0) is 69.6 Å². The highest BCUT2D eigenvalue weighted by Crippen LogP contribution is 2.31. The standard InChI is InChI=1S/C25H34N2O4/c1-25(2,3)31-24(29)27-13-11-18(20(17-27)12-14-28)7-5-8-19-9-6-10-23-22(19)15-21(30-4)16-26-23/h5-6,8-10,15-16,18,20,28H,7,11-14,17H2,1-4H3/t18-,20+/m1/s1. The van der Waals surface area contributed by atoms with Crippen LogP contribution in [0.1, 0.15) is 45.6 Å². The molecule has 0 unspecified atom stereocenters. The predicted octanol–water partition coefficient (Wildman–Crippen LogP) is 4.90. The first kappa shape index (κ1) is 23.1. The summed E-state index contributed by atoms with van der Waals surface area (Å²) >= 11 is 0. The Morgan fingerprint density at radius 3 is 2.84 bits per heavy atom. The summed E-state index contributed by atoms with van der Waals surface area (Å²) in [4.78, 5) is 18.7. The molecule has 1 aromatic heterocycles. The molecule has 1 aromatic carbocycles. The van der Waals surface area contributed by atoms with E-state index in [2.05, 4.69) is 23.2 Å². The van der Waals surface area contributed by atoms with Crippen LogP contribution in [0.15, 0.2) is 36.5 Å². The molecule has 6 heteroatoms. The number of ether oxygens (including phenoxy) is 2. The molecule has 1 aliphatic rings. The maximum atomic E-state index is 12.5. The first-order chi connectivity index (χ1) is 14.8. The van der Waals surface area contributed by atoms with Crippen molar-refractivity contribution in [2.75, 3.05) is 26.8 Å². The third kappa shape index (κ3) is 6.20. The quantitative estimate of drug-likeness (QED) is 0.711. The number of pyridine rings is 1. The summed E-state index contributed by atoms with van der Waals surface area (Å²) in [7, 11) is 1.65. The molecule has 1 amide bonds. The highest BCUT2D eigenvalue weighted by atomic mass is 16.6. The van der Waals surface area contributed by atoms with E-state index >= 15 is 0 Å². The van der Waals surface area contributed by atoms with E-state index in [1.165, 1.54) is 0 Å². The van der Waals surface area contributed by atoms with Gasteiger partial charge >= 0.3 is 6.09 Å². The van der Waals surface area contributed by atoms with Gasteiger partial charge in [0.05, 0.1) is 18.8 Å². The van der Waals surface area contributed by atoms with E-state index in [1.807, 2.05) is 39.0 Å². The summed E-state index contributed by atoms with van der Waals surface area (Å²) in [6.07, 6.45) is 8.30. The fraction of sp³-hybridized carbons (Fsp3) is 0.520. The summed E-state index contributed by atoms with van der Waals surface area (Å²) in [5, 5.41) is 10.6. The average molecular weight is 427 g/mol. The van der Waals surface area contributed by atoms with Crippen LogP contribution in [0.4, 0.5) is 4.79 Å². The van der Waals surface area contributed by atoms with Crippen molar-refractivity contribution in [1.82, 2.24) is 9.88 Å². The average Bonchev–Trinajstić information content (AvgIpc) is 2.73. The number of hydrogen-bond donors (Lipinski definition) is 1. The number of amides is 1. The molecule has 1 fully saturated rings. The number of fused-ring (bicyclic) bond motifs is 1. The van der Waals surface area contributed by atoms with E-state index in [9.17, 15) is 9.90 Å². The molecular formula is C25H34N2O4. The Hall–Kier alpha value is -2.60. The van der Waals surface area contributed by atoms with Crippen LogP contribution in [0.25, 0.3) is 17.0 Å². The van der Waals surface area contributed by atoms with E-state index in [1.54, 1.807) is 18.2 Å². The lowest BCUT2D eigenvalue weighted by Crippen LogP contribution is -2.46. The van der Waals surface area contributed by atoms with Gasteiger partial charge in [-0.1, -0.05) is 24.3 Å². The zero-order valence-corrected chi connectivity index (χ0v) is 19.0. The van der Waals surface area contributed by atoms with Crippen LogP contribution >= 0.6 is 0 Å². The molecule has 1 aliphatic heterocycles. The molecule has 0 bridgehead atoms. The molecule has 0 radical (unpaired) electrons. The topological polar surface area (TPSA) is 71.9 Å². The van der Waals surface area contributed by atoms with Crippen molar-refractivity contribution in [3.63, 3.8) is 0 Å². The number of rotatable bonds is 6. The number of likely N-dealkylation sites (tertiary alicyclic amines) is 1. The number of piperidine rings is 1. The van der Waals surface area contributed by atoms with Gasteiger partial charge in [-0.15, -0.1) is 0 Å². The van der Waals surface area contributed by atoms with Crippen LogP contribution in [0.3, 0.4) is 0 Å². The van der Waals surface area contributed by atoms with Crippen molar-refractivity contribution >= 4 is 23.1 Å². The van der Waals surface area contributed by atoms with Gasteiger partial charge in [-0.2, -0.15) is 0 Å². The first-order valence-electron chi connectivity index (χ1n) is 11.0. The number of nitrogens with zero attached hydrogens (tertiary/aromatic N) is 2. The van der Waals surface area contributed by atoms with Gasteiger partial charge in [-0.3, -0.25) is 4.98 Å². The highest BCUT2D eigenvalue weighted by Gasteiger charge is 2.32. The molecule has 3 rings (SSSR count). The van der Waals surface area contributed by atoms with Crippen LogP contribution in [-0.4, -0.2) is 53.5 Å². The smallest absolute Gasteiger partial charge is 0.410 e. The Morgan fingerprint density at radius 2 is 2.13 bits per heavy atom. The number of aliphatic hydroxyl groups excluding tert-OH is 1. The van der Waals surface area contributed by atoms with Gasteiger partial charge in [0, 0.05) is 25.1 Å². The van der Waals surface area contributed by atoms with E-state index < -0.39 is 5.60 Å². The van der Waals surface area contributed by atoms with E-state index in [0.29, 0.717) is 25.4 Å². The molecule has 1 N–H and O–H groups in total. The third-order valence-corrected chi connectivity index (χ3v) is 5.75. The van der Waals surface area contributed by atoms with Crippen molar-refractivity contribution in [1.29, 1.82) is 0 Å². The molecule has 2 heterocycles. The summed E-state index contributed by atoms with van der Waals surface area (Å²) < 4.78 is 10.9. The lowest BCUT2D eigenvalue weighted by Gasteiger charge is -2.38. The number of aromatic nitrogens is 1. The second-order valence-electron chi connectivity index (χ2n) is 9.17. The van der Waals surface area contributed by atoms with Crippen molar-refractivity contribution in [2.45, 2.75) is 45.6 Å². The van der Waals surface area contributed by atoms with Crippen LogP contribution in [0, 0.1) is 11.8 Å². The predicted molar refractivity (Wildman–Crippen MR) is 123 cm³/mol. The second kappa shape index (κ2) is 10.1. The number of carbonyl (C=O) groups excluding carboxylic acids is 1. The van der Waals surface area contributed by atoms with E-state index in [4.69, 9.17) is 9.47 Å². The molecule has 6 nitrogen and oxygen atoms in total. The van der Waals surface area contributed by atoms with Crippen molar-refractivity contribution < 1.29 is 19.4 Å². The van der Waals surface area contributed by atoms with Crippen LogP contribution in [-0.2, 0) is 4.74 Å². The zero-order valence-electron chi connectivity index (χ0n) is 19.0. The summed E-state index contributed by atoms with van der Waals surface area (Å²) in [6.45, 7) is 7.08. The molecule has 168 valence electrons. The molecule has 31 heavy (non-hydrogen) atoms. The summed E-state index contributed by atoms with van der Waals surface area (Å²) in [6, 6.07) is 8.09. The highest BCUT2D eigenvalue weighted by molar-refractivity contribution is 5.88. The summed E-state index contributed by atoms with van der Waals surface area (Å²) in [5.74, 6) is 1.42. The van der Waals surface area contributed by atoms with Crippen LogP contribution in [0.2, 0.25) is 0 Å². The van der Waals surface area contributed by atoms with Gasteiger partial charge in [0.15, 0.2) is 0 Å². The Kier molecular flexibility index (Phi) is 7.55. The van der Waals surface area contributed by atoms with Crippen molar-refractivity contribution in [2.24, 2.45) is 11.8 Å². The lowest BCUT2D eigenvalue weighted by atomic mass is 9.81. The number of hydrogen-bond acceptors (Lipinski definition) is 5. The third-order valence-electron chi connectivity index (χ3n) is 5.75. The number of allylic oxidation sites excluding steroid dienone is 1.